The third-order valence-corrected chi connectivity index (χ3v) is 1.99. The zero-order valence-electron chi connectivity index (χ0n) is 7.68. The van der Waals surface area contributed by atoms with E-state index in [2.05, 4.69) is 5.18 Å². The van der Waals surface area contributed by atoms with Gasteiger partial charge in [0.25, 0.3) is 0 Å². The van der Waals surface area contributed by atoms with Gasteiger partial charge < -0.3 is 9.39 Å². The third-order valence-electron chi connectivity index (χ3n) is 1.99. The number of hydrogen-bond donors (Lipinski definition) is 0. The summed E-state index contributed by atoms with van der Waals surface area (Å²) >= 11 is 0. The van der Waals surface area contributed by atoms with Crippen LogP contribution in [0.5, 0.6) is 0 Å². The molecule has 0 spiro atoms. The lowest BCUT2D eigenvalue weighted by Crippen LogP contribution is -2.19. The second kappa shape index (κ2) is 4.35. The highest BCUT2D eigenvalue weighted by molar-refractivity contribution is 6.47. The summed E-state index contributed by atoms with van der Waals surface area (Å²) in [4.78, 5) is 10.2. The van der Waals surface area contributed by atoms with Crippen LogP contribution in [0, 0.1) is 4.91 Å². The van der Waals surface area contributed by atoms with Gasteiger partial charge in [0.2, 0.25) is 0 Å². The van der Waals surface area contributed by atoms with E-state index in [0.717, 1.165) is 12.1 Å². The lowest BCUT2D eigenvalue weighted by atomic mass is 9.88. The van der Waals surface area contributed by atoms with Crippen LogP contribution in [0.2, 0.25) is 0 Å². The topological polar surface area (TPSA) is 51.2 Å². The second-order valence-corrected chi connectivity index (χ2v) is 3.23. The van der Waals surface area contributed by atoms with Crippen LogP contribution in [0.1, 0.15) is 0 Å². The summed E-state index contributed by atoms with van der Waals surface area (Å²) in [5.74, 6) is 0. The molecule has 72 valence electrons. The molecule has 0 saturated carbocycles. The van der Waals surface area contributed by atoms with Crippen LogP contribution in [0.4, 0.5) is 5.69 Å². The lowest BCUT2D eigenvalue weighted by molar-refractivity contribution is 0.277. The van der Waals surface area contributed by atoms with Crippen molar-refractivity contribution < 1.29 is 9.39 Å². The van der Waals surface area contributed by atoms with Crippen LogP contribution in [-0.2, 0) is 9.39 Å². The molecule has 1 unspecified atom stereocenters. The molecule has 1 atom stereocenters. The van der Waals surface area contributed by atoms with E-state index < -0.39 is 0 Å². The standard InChI is InChI=1S/C9H10BNO3/c12-11-8-3-1-2-7(4-8)10-14-6-9-5-13-9/h1-4,9-10H,5-6H2. The summed E-state index contributed by atoms with van der Waals surface area (Å²) in [6.07, 6.45) is 0.280. The van der Waals surface area contributed by atoms with Crippen molar-refractivity contribution in [2.24, 2.45) is 5.18 Å². The van der Waals surface area contributed by atoms with E-state index in [1.807, 2.05) is 6.07 Å². The van der Waals surface area contributed by atoms with Crippen molar-refractivity contribution in [3.05, 3.63) is 29.2 Å². The molecule has 0 radical (unpaired) electrons. The first kappa shape index (κ1) is 9.36. The molecule has 1 aliphatic heterocycles. The van der Waals surface area contributed by atoms with Crippen LogP contribution in [0.3, 0.4) is 0 Å². The van der Waals surface area contributed by atoms with Crippen LogP contribution >= 0.6 is 0 Å². The predicted molar refractivity (Wildman–Crippen MR) is 54.4 cm³/mol. The Labute approximate surface area is 82.5 Å². The van der Waals surface area contributed by atoms with Crippen LogP contribution < -0.4 is 5.46 Å². The molecule has 1 saturated heterocycles. The minimum Gasteiger partial charge on any atom is -0.432 e. The molecule has 2 rings (SSSR count). The number of benzene rings is 1. The number of epoxide rings is 1. The van der Waals surface area contributed by atoms with Gasteiger partial charge in [-0.2, -0.15) is 0 Å². The Kier molecular flexibility index (Phi) is 2.91. The Morgan fingerprint density at radius 2 is 2.50 bits per heavy atom. The Balaban J connectivity index is 1.84. The Hall–Kier alpha value is -1.20. The van der Waals surface area contributed by atoms with Gasteiger partial charge >= 0.3 is 7.48 Å². The van der Waals surface area contributed by atoms with Gasteiger partial charge in [-0.3, -0.25) is 0 Å². The first-order valence-corrected chi connectivity index (χ1v) is 4.50. The average Bonchev–Trinajstić information content (AvgIpc) is 3.02. The smallest absolute Gasteiger partial charge is 0.308 e. The molecule has 4 nitrogen and oxygen atoms in total. The van der Waals surface area contributed by atoms with E-state index in [1.165, 1.54) is 0 Å². The van der Waals surface area contributed by atoms with Gasteiger partial charge in [0.05, 0.1) is 13.2 Å². The zero-order chi connectivity index (χ0) is 9.80. The van der Waals surface area contributed by atoms with Gasteiger partial charge in [-0.1, -0.05) is 17.6 Å². The molecule has 1 aliphatic rings. The van der Waals surface area contributed by atoms with E-state index in [0.29, 0.717) is 19.8 Å². The first-order chi connectivity index (χ1) is 6.88. The molecular formula is C9H10BNO3. The molecule has 1 heterocycles. The first-order valence-electron chi connectivity index (χ1n) is 4.50. The summed E-state index contributed by atoms with van der Waals surface area (Å²) in [5, 5.41) is 2.86. The molecule has 0 aliphatic carbocycles. The molecule has 0 N–H and O–H groups in total. The second-order valence-electron chi connectivity index (χ2n) is 3.23. The van der Waals surface area contributed by atoms with E-state index in [-0.39, 0.29) is 6.10 Å². The summed E-state index contributed by atoms with van der Waals surface area (Å²) in [6, 6.07) is 7.09. The average molecular weight is 191 g/mol. The summed E-state index contributed by atoms with van der Waals surface area (Å²) < 4.78 is 10.4. The van der Waals surface area contributed by atoms with E-state index in [4.69, 9.17) is 9.39 Å². The maximum atomic E-state index is 10.2. The zero-order valence-corrected chi connectivity index (χ0v) is 7.68. The Morgan fingerprint density at radius 3 is 3.21 bits per heavy atom. The van der Waals surface area contributed by atoms with Crippen molar-refractivity contribution in [1.29, 1.82) is 0 Å². The van der Waals surface area contributed by atoms with Gasteiger partial charge in [-0.15, -0.1) is 4.91 Å². The Morgan fingerprint density at radius 1 is 1.64 bits per heavy atom. The number of nitrogens with zero attached hydrogens (tertiary/aromatic N) is 1. The van der Waals surface area contributed by atoms with Crippen LogP contribution in [0.25, 0.3) is 0 Å². The van der Waals surface area contributed by atoms with Crippen molar-refractivity contribution >= 4 is 18.6 Å². The van der Waals surface area contributed by atoms with Crippen molar-refractivity contribution in [2.75, 3.05) is 13.2 Å². The molecule has 0 bridgehead atoms. The van der Waals surface area contributed by atoms with Crippen molar-refractivity contribution in [2.45, 2.75) is 6.10 Å². The number of rotatable bonds is 5. The molecule has 0 amide bonds. The van der Waals surface area contributed by atoms with Gasteiger partial charge in [0.1, 0.15) is 11.8 Å². The largest absolute Gasteiger partial charge is 0.432 e. The third kappa shape index (κ3) is 2.65. The summed E-state index contributed by atoms with van der Waals surface area (Å²) in [5.41, 5.74) is 1.40. The molecule has 14 heavy (non-hydrogen) atoms. The van der Waals surface area contributed by atoms with Gasteiger partial charge in [-0.05, 0) is 17.3 Å². The number of nitroso groups, excluding NO2 is 1. The molecule has 1 aromatic rings. The Bertz CT molecular complexity index is 328. The molecule has 5 heteroatoms. The SMILES string of the molecule is O=Nc1cccc(BOCC2CO2)c1. The van der Waals surface area contributed by atoms with Gasteiger partial charge in [-0.25, -0.2) is 0 Å². The monoisotopic (exact) mass is 191 g/mol. The van der Waals surface area contributed by atoms with Crippen molar-refractivity contribution in [3.8, 4) is 0 Å². The fourth-order valence-corrected chi connectivity index (χ4v) is 1.18. The highest BCUT2D eigenvalue weighted by Crippen LogP contribution is 2.09. The minimum absolute atomic E-state index is 0.280. The van der Waals surface area contributed by atoms with Gasteiger partial charge in [0.15, 0.2) is 0 Å². The normalized spacial score (nSPS) is 19.0. The molecule has 1 fully saturated rings. The molecular weight excluding hydrogens is 181 g/mol. The number of ether oxygens (including phenoxy) is 1. The quantitative estimate of drug-likeness (QED) is 0.386. The lowest BCUT2D eigenvalue weighted by Gasteiger charge is -2.00. The predicted octanol–water partition coefficient (Wildman–Crippen LogP) is 0.477. The van der Waals surface area contributed by atoms with E-state index >= 15 is 0 Å². The fraction of sp³-hybridized carbons (Fsp3) is 0.333. The maximum absolute atomic E-state index is 10.2. The number of hydrogen-bond acceptors (Lipinski definition) is 4. The molecule has 1 aromatic carbocycles. The highest BCUT2D eigenvalue weighted by Gasteiger charge is 2.22. The van der Waals surface area contributed by atoms with Crippen molar-refractivity contribution in [1.82, 2.24) is 0 Å². The van der Waals surface area contributed by atoms with E-state index in [1.54, 1.807) is 18.2 Å². The summed E-state index contributed by atoms with van der Waals surface area (Å²) in [7, 11) is 0.503. The molecule has 0 aromatic heterocycles. The minimum atomic E-state index is 0.280. The summed E-state index contributed by atoms with van der Waals surface area (Å²) in [6.45, 7) is 1.43. The van der Waals surface area contributed by atoms with Crippen LogP contribution in [-0.4, -0.2) is 26.8 Å². The highest BCUT2D eigenvalue weighted by atomic mass is 16.6. The van der Waals surface area contributed by atoms with Crippen LogP contribution in [0.15, 0.2) is 29.4 Å². The fourth-order valence-electron chi connectivity index (χ4n) is 1.18. The van der Waals surface area contributed by atoms with Crippen molar-refractivity contribution in [3.63, 3.8) is 0 Å². The van der Waals surface area contributed by atoms with Gasteiger partial charge in [0, 0.05) is 0 Å². The maximum Gasteiger partial charge on any atom is 0.308 e. The van der Waals surface area contributed by atoms with E-state index in [9.17, 15) is 4.91 Å².